The second kappa shape index (κ2) is 7.19. The van der Waals surface area contributed by atoms with Crippen LogP contribution in [0.4, 0.5) is 0 Å². The maximum Gasteiger partial charge on any atom is 0.375 e. The van der Waals surface area contributed by atoms with Crippen LogP contribution in [0.1, 0.15) is 35.0 Å². The number of hydrogen-bond donors (Lipinski definition) is 0. The van der Waals surface area contributed by atoms with E-state index >= 15 is 0 Å². The molecule has 1 atom stereocenters. The predicted molar refractivity (Wildman–Crippen MR) is 101 cm³/mol. The zero-order valence-electron chi connectivity index (χ0n) is 15.6. The highest BCUT2D eigenvalue weighted by Gasteiger charge is 2.24. The van der Waals surface area contributed by atoms with E-state index in [-0.39, 0.29) is 11.7 Å². The van der Waals surface area contributed by atoms with Crippen LogP contribution in [0.25, 0.3) is 22.4 Å². The summed E-state index contributed by atoms with van der Waals surface area (Å²) in [6, 6.07) is 14.7. The molecule has 2 aromatic carbocycles. The van der Waals surface area contributed by atoms with Crippen molar-refractivity contribution in [2.75, 3.05) is 7.11 Å². The van der Waals surface area contributed by atoms with Gasteiger partial charge < -0.3 is 18.3 Å². The standard InChI is InChI=1S/C21H18N2O5/c1-12-16-11-15(25-3)9-10-17(16)27-18(12)21(24)26-13(2)19-22-23-20(28-19)14-7-5-4-6-8-14/h4-11,13H,1-3H3/t13-/m1/s1. The van der Waals surface area contributed by atoms with Gasteiger partial charge in [0.2, 0.25) is 11.7 Å². The van der Waals surface area contributed by atoms with Gasteiger partial charge in [0.05, 0.1) is 7.11 Å². The van der Waals surface area contributed by atoms with Crippen molar-refractivity contribution in [3.05, 3.63) is 65.7 Å². The Morgan fingerprint density at radius 3 is 2.61 bits per heavy atom. The van der Waals surface area contributed by atoms with Crippen LogP contribution in [-0.4, -0.2) is 23.3 Å². The summed E-state index contributed by atoms with van der Waals surface area (Å²) in [5.74, 6) is 0.801. The van der Waals surface area contributed by atoms with Crippen molar-refractivity contribution < 1.29 is 23.1 Å². The van der Waals surface area contributed by atoms with Gasteiger partial charge in [-0.15, -0.1) is 10.2 Å². The van der Waals surface area contributed by atoms with Crippen molar-refractivity contribution in [3.63, 3.8) is 0 Å². The lowest BCUT2D eigenvalue weighted by Gasteiger charge is -2.08. The highest BCUT2D eigenvalue weighted by molar-refractivity contribution is 5.96. The van der Waals surface area contributed by atoms with Crippen LogP contribution in [0.2, 0.25) is 0 Å². The number of esters is 1. The van der Waals surface area contributed by atoms with E-state index in [2.05, 4.69) is 10.2 Å². The highest BCUT2D eigenvalue weighted by atomic mass is 16.6. The number of aromatic nitrogens is 2. The molecule has 0 aliphatic heterocycles. The molecule has 28 heavy (non-hydrogen) atoms. The first kappa shape index (κ1) is 17.8. The molecule has 0 spiro atoms. The van der Waals surface area contributed by atoms with Crippen LogP contribution >= 0.6 is 0 Å². The summed E-state index contributed by atoms with van der Waals surface area (Å²) in [5, 5.41) is 8.79. The van der Waals surface area contributed by atoms with Gasteiger partial charge in [-0.05, 0) is 44.2 Å². The maximum absolute atomic E-state index is 12.6. The molecule has 2 heterocycles. The van der Waals surface area contributed by atoms with E-state index in [4.69, 9.17) is 18.3 Å². The second-order valence-electron chi connectivity index (χ2n) is 6.28. The number of rotatable bonds is 5. The molecule has 0 saturated heterocycles. The highest BCUT2D eigenvalue weighted by Crippen LogP contribution is 2.30. The summed E-state index contributed by atoms with van der Waals surface area (Å²) < 4.78 is 22.0. The van der Waals surface area contributed by atoms with Crippen molar-refractivity contribution in [1.29, 1.82) is 0 Å². The molecule has 0 saturated carbocycles. The first-order chi connectivity index (χ1) is 13.6. The molecule has 142 valence electrons. The van der Waals surface area contributed by atoms with Crippen LogP contribution in [0.5, 0.6) is 5.75 Å². The quantitative estimate of drug-likeness (QED) is 0.464. The van der Waals surface area contributed by atoms with E-state index in [1.807, 2.05) is 36.4 Å². The van der Waals surface area contributed by atoms with Crippen molar-refractivity contribution in [1.82, 2.24) is 10.2 Å². The minimum absolute atomic E-state index is 0.137. The Morgan fingerprint density at radius 1 is 1.07 bits per heavy atom. The summed E-state index contributed by atoms with van der Waals surface area (Å²) in [6.45, 7) is 3.47. The van der Waals surface area contributed by atoms with Gasteiger partial charge in [-0.2, -0.15) is 0 Å². The van der Waals surface area contributed by atoms with Crippen molar-refractivity contribution in [2.24, 2.45) is 0 Å². The molecule has 0 bridgehead atoms. The van der Waals surface area contributed by atoms with Gasteiger partial charge in [0.25, 0.3) is 5.89 Å². The van der Waals surface area contributed by atoms with E-state index in [0.717, 1.165) is 10.9 Å². The third kappa shape index (κ3) is 3.22. The topological polar surface area (TPSA) is 87.6 Å². The van der Waals surface area contributed by atoms with Gasteiger partial charge >= 0.3 is 5.97 Å². The fourth-order valence-electron chi connectivity index (χ4n) is 2.88. The molecule has 0 N–H and O–H groups in total. The molecule has 4 rings (SSSR count). The van der Waals surface area contributed by atoms with Crippen molar-refractivity contribution >= 4 is 16.9 Å². The number of hydrogen-bond acceptors (Lipinski definition) is 7. The van der Waals surface area contributed by atoms with Crippen molar-refractivity contribution in [2.45, 2.75) is 20.0 Å². The predicted octanol–water partition coefficient (Wildman–Crippen LogP) is 4.72. The van der Waals surface area contributed by atoms with Crippen molar-refractivity contribution in [3.8, 4) is 17.2 Å². The fourth-order valence-corrected chi connectivity index (χ4v) is 2.88. The van der Waals surface area contributed by atoms with Gasteiger partial charge in [0.15, 0.2) is 6.10 Å². The average Bonchev–Trinajstić information content (AvgIpc) is 3.34. The SMILES string of the molecule is COc1ccc2oc(C(=O)O[C@H](C)c3nnc(-c4ccccc4)o3)c(C)c2c1. The van der Waals surface area contributed by atoms with Gasteiger partial charge in [-0.3, -0.25) is 0 Å². The Kier molecular flexibility index (Phi) is 4.57. The van der Waals surface area contributed by atoms with Gasteiger partial charge in [0.1, 0.15) is 11.3 Å². The molecule has 0 unspecified atom stereocenters. The Labute approximate surface area is 160 Å². The normalized spacial score (nSPS) is 12.1. The number of fused-ring (bicyclic) bond motifs is 1. The minimum atomic E-state index is -0.723. The number of nitrogens with zero attached hydrogens (tertiary/aromatic N) is 2. The third-order valence-electron chi connectivity index (χ3n) is 4.42. The third-order valence-corrected chi connectivity index (χ3v) is 4.42. The van der Waals surface area contributed by atoms with Crippen LogP contribution in [0, 0.1) is 6.92 Å². The van der Waals surface area contributed by atoms with Gasteiger partial charge in [-0.1, -0.05) is 18.2 Å². The summed E-state index contributed by atoms with van der Waals surface area (Å²) in [4.78, 5) is 12.6. The lowest BCUT2D eigenvalue weighted by Crippen LogP contribution is -2.09. The molecule has 4 aromatic rings. The maximum atomic E-state index is 12.6. The summed E-state index contributed by atoms with van der Waals surface area (Å²) >= 11 is 0. The molecule has 7 heteroatoms. The molecular weight excluding hydrogens is 360 g/mol. The number of benzene rings is 2. The molecule has 0 aliphatic carbocycles. The molecule has 0 aliphatic rings. The van der Waals surface area contributed by atoms with E-state index in [9.17, 15) is 4.79 Å². The minimum Gasteiger partial charge on any atom is -0.497 e. The number of carbonyl (C=O) groups is 1. The zero-order valence-corrected chi connectivity index (χ0v) is 15.6. The summed E-state index contributed by atoms with van der Waals surface area (Å²) in [7, 11) is 1.58. The first-order valence-electron chi connectivity index (χ1n) is 8.73. The smallest absolute Gasteiger partial charge is 0.375 e. The number of carbonyl (C=O) groups excluding carboxylic acids is 1. The molecular formula is C21H18N2O5. The van der Waals surface area contributed by atoms with E-state index in [1.165, 1.54) is 0 Å². The first-order valence-corrected chi connectivity index (χ1v) is 8.73. The second-order valence-corrected chi connectivity index (χ2v) is 6.28. The Morgan fingerprint density at radius 2 is 1.86 bits per heavy atom. The molecule has 0 fully saturated rings. The van der Waals surface area contributed by atoms with E-state index < -0.39 is 12.1 Å². The number of furan rings is 1. The summed E-state index contributed by atoms with van der Waals surface area (Å²) in [5.41, 5.74) is 2.06. The number of methoxy groups -OCH3 is 1. The molecule has 2 aromatic heterocycles. The number of aryl methyl sites for hydroxylation is 1. The van der Waals surface area contributed by atoms with Crippen LogP contribution < -0.4 is 4.74 Å². The largest absolute Gasteiger partial charge is 0.497 e. The van der Waals surface area contributed by atoms with Crippen LogP contribution in [-0.2, 0) is 4.74 Å². The molecule has 7 nitrogen and oxygen atoms in total. The van der Waals surface area contributed by atoms with Crippen LogP contribution in [0.15, 0.2) is 57.4 Å². The number of ether oxygens (including phenoxy) is 2. The average molecular weight is 378 g/mol. The molecule has 0 amide bonds. The monoisotopic (exact) mass is 378 g/mol. The van der Waals surface area contributed by atoms with Crippen LogP contribution in [0.3, 0.4) is 0 Å². The Hall–Kier alpha value is -3.61. The molecule has 0 radical (unpaired) electrons. The van der Waals surface area contributed by atoms with Gasteiger partial charge in [0, 0.05) is 16.5 Å². The lowest BCUT2D eigenvalue weighted by atomic mass is 10.1. The van der Waals surface area contributed by atoms with E-state index in [1.54, 1.807) is 33.1 Å². The summed E-state index contributed by atoms with van der Waals surface area (Å²) in [6.07, 6.45) is -0.723. The fraction of sp³-hybridized carbons (Fsp3) is 0.190. The Bertz CT molecular complexity index is 1130. The zero-order chi connectivity index (χ0) is 19.7. The Balaban J connectivity index is 1.54. The van der Waals surface area contributed by atoms with E-state index in [0.29, 0.717) is 22.8 Å². The lowest BCUT2D eigenvalue weighted by molar-refractivity contribution is 0.0245. The van der Waals surface area contributed by atoms with Gasteiger partial charge in [-0.25, -0.2) is 4.79 Å².